The van der Waals surface area contributed by atoms with E-state index < -0.39 is 0 Å². The quantitative estimate of drug-likeness (QED) is 0.902. The van der Waals surface area contributed by atoms with Crippen molar-refractivity contribution in [1.29, 1.82) is 0 Å². The minimum absolute atomic E-state index is 0.0610. The number of hydrogen-bond acceptors (Lipinski definition) is 4. The summed E-state index contributed by atoms with van der Waals surface area (Å²) in [5.74, 6) is 0.0803. The SMILES string of the molecule is CCCn1cc(C(=O)N[C@@H]2CCCN(C(=O)c3ccco3)C2)c(C)n1. The van der Waals surface area contributed by atoms with Gasteiger partial charge in [0.25, 0.3) is 11.8 Å². The molecule has 3 rings (SSSR count). The molecule has 1 atom stereocenters. The second-order valence-electron chi connectivity index (χ2n) is 6.43. The van der Waals surface area contributed by atoms with Gasteiger partial charge in [0.05, 0.1) is 17.5 Å². The molecule has 0 spiro atoms. The van der Waals surface area contributed by atoms with Gasteiger partial charge in [0.2, 0.25) is 0 Å². The number of hydrogen-bond donors (Lipinski definition) is 1. The van der Waals surface area contributed by atoms with Gasteiger partial charge in [0.15, 0.2) is 5.76 Å². The zero-order valence-electron chi connectivity index (χ0n) is 14.7. The first kappa shape index (κ1) is 17.3. The number of aromatic nitrogens is 2. The van der Waals surface area contributed by atoms with Crippen LogP contribution in [0.2, 0.25) is 0 Å². The van der Waals surface area contributed by atoms with Crippen LogP contribution in [0.15, 0.2) is 29.0 Å². The van der Waals surface area contributed by atoms with Crippen molar-refractivity contribution in [3.63, 3.8) is 0 Å². The molecule has 0 aliphatic carbocycles. The second kappa shape index (κ2) is 7.55. The Morgan fingerprint density at radius 1 is 1.44 bits per heavy atom. The first-order valence-corrected chi connectivity index (χ1v) is 8.76. The van der Waals surface area contributed by atoms with Crippen LogP contribution in [0.1, 0.15) is 52.8 Å². The molecule has 7 nitrogen and oxygen atoms in total. The predicted molar refractivity (Wildman–Crippen MR) is 92.4 cm³/mol. The van der Waals surface area contributed by atoms with Crippen LogP contribution in [-0.4, -0.2) is 45.6 Å². The Morgan fingerprint density at radius 3 is 3.00 bits per heavy atom. The monoisotopic (exact) mass is 344 g/mol. The summed E-state index contributed by atoms with van der Waals surface area (Å²) >= 11 is 0. The van der Waals surface area contributed by atoms with Gasteiger partial charge in [-0.25, -0.2) is 0 Å². The molecule has 0 saturated carbocycles. The summed E-state index contributed by atoms with van der Waals surface area (Å²) in [6, 6.07) is 3.30. The Morgan fingerprint density at radius 2 is 2.28 bits per heavy atom. The van der Waals surface area contributed by atoms with Gasteiger partial charge < -0.3 is 14.6 Å². The molecule has 2 aromatic heterocycles. The van der Waals surface area contributed by atoms with Gasteiger partial charge in [0, 0.05) is 31.9 Å². The molecule has 0 unspecified atom stereocenters. The number of carbonyl (C=O) groups is 2. The highest BCUT2D eigenvalue weighted by Crippen LogP contribution is 2.15. The number of carbonyl (C=O) groups excluding carboxylic acids is 2. The maximum atomic E-state index is 12.6. The molecule has 1 N–H and O–H groups in total. The lowest BCUT2D eigenvalue weighted by Crippen LogP contribution is -2.49. The highest BCUT2D eigenvalue weighted by molar-refractivity contribution is 5.95. The first-order valence-electron chi connectivity index (χ1n) is 8.76. The van der Waals surface area contributed by atoms with Crippen molar-refractivity contribution in [3.05, 3.63) is 41.6 Å². The van der Waals surface area contributed by atoms with Crippen LogP contribution in [0, 0.1) is 6.92 Å². The summed E-state index contributed by atoms with van der Waals surface area (Å²) in [6.07, 6.45) is 5.96. The fourth-order valence-corrected chi connectivity index (χ4v) is 3.18. The van der Waals surface area contributed by atoms with Gasteiger partial charge in [-0.05, 0) is 38.3 Å². The van der Waals surface area contributed by atoms with E-state index in [-0.39, 0.29) is 17.9 Å². The lowest BCUT2D eigenvalue weighted by molar-refractivity contribution is 0.0647. The molecule has 0 radical (unpaired) electrons. The Labute approximate surface area is 147 Å². The molecule has 7 heteroatoms. The lowest BCUT2D eigenvalue weighted by Gasteiger charge is -2.32. The van der Waals surface area contributed by atoms with E-state index in [4.69, 9.17) is 4.42 Å². The summed E-state index contributed by atoms with van der Waals surface area (Å²) in [4.78, 5) is 26.7. The molecule has 3 heterocycles. The maximum absolute atomic E-state index is 12.6. The Kier molecular flexibility index (Phi) is 5.21. The van der Waals surface area contributed by atoms with Crippen LogP contribution >= 0.6 is 0 Å². The minimum Gasteiger partial charge on any atom is -0.459 e. The highest BCUT2D eigenvalue weighted by atomic mass is 16.3. The van der Waals surface area contributed by atoms with Gasteiger partial charge in [0.1, 0.15) is 0 Å². The Bertz CT molecular complexity index is 736. The number of nitrogens with zero attached hydrogens (tertiary/aromatic N) is 3. The van der Waals surface area contributed by atoms with Gasteiger partial charge >= 0.3 is 0 Å². The molecular weight excluding hydrogens is 320 g/mol. The summed E-state index contributed by atoms with van der Waals surface area (Å²) < 4.78 is 6.99. The molecule has 1 saturated heterocycles. The number of likely N-dealkylation sites (tertiary alicyclic amines) is 1. The molecule has 25 heavy (non-hydrogen) atoms. The molecule has 0 aromatic carbocycles. The van der Waals surface area contributed by atoms with E-state index in [0.717, 1.165) is 31.5 Å². The fraction of sp³-hybridized carbons (Fsp3) is 0.500. The third-order valence-electron chi connectivity index (χ3n) is 4.42. The van der Waals surface area contributed by atoms with Crippen LogP contribution in [0.25, 0.3) is 0 Å². The van der Waals surface area contributed by atoms with Crippen molar-refractivity contribution in [2.24, 2.45) is 0 Å². The number of piperidine rings is 1. The third-order valence-corrected chi connectivity index (χ3v) is 4.42. The molecular formula is C18H24N4O3. The predicted octanol–water partition coefficient (Wildman–Crippen LogP) is 2.23. The van der Waals surface area contributed by atoms with Crippen LogP contribution in [0.3, 0.4) is 0 Å². The van der Waals surface area contributed by atoms with Gasteiger partial charge in [-0.3, -0.25) is 14.3 Å². The van der Waals surface area contributed by atoms with E-state index in [1.165, 1.54) is 6.26 Å². The molecule has 2 amide bonds. The molecule has 1 aliphatic heterocycles. The van der Waals surface area contributed by atoms with Crippen molar-refractivity contribution < 1.29 is 14.0 Å². The summed E-state index contributed by atoms with van der Waals surface area (Å²) in [7, 11) is 0. The second-order valence-corrected chi connectivity index (χ2v) is 6.43. The average Bonchev–Trinajstić information content (AvgIpc) is 3.24. The number of rotatable bonds is 5. The minimum atomic E-state index is -0.129. The normalized spacial score (nSPS) is 17.5. The molecule has 1 aliphatic rings. The standard InChI is InChI=1S/C18H24N4O3/c1-3-8-22-12-15(13(2)20-22)17(23)19-14-6-4-9-21(11-14)18(24)16-7-5-10-25-16/h5,7,10,12,14H,3-4,6,8-9,11H2,1-2H3,(H,19,23)/t14-/m1/s1. The number of furan rings is 1. The van der Waals surface area contributed by atoms with Crippen LogP contribution < -0.4 is 5.32 Å². The maximum Gasteiger partial charge on any atom is 0.289 e. The zero-order chi connectivity index (χ0) is 17.8. The van der Waals surface area contributed by atoms with Crippen molar-refractivity contribution in [3.8, 4) is 0 Å². The van der Waals surface area contributed by atoms with Crippen LogP contribution in [0.5, 0.6) is 0 Å². The summed E-state index contributed by atoms with van der Waals surface area (Å²) in [5, 5.41) is 7.42. The first-order chi connectivity index (χ1) is 12.1. The topological polar surface area (TPSA) is 80.4 Å². The largest absolute Gasteiger partial charge is 0.459 e. The van der Waals surface area contributed by atoms with E-state index in [0.29, 0.717) is 24.4 Å². The van der Waals surface area contributed by atoms with E-state index in [9.17, 15) is 9.59 Å². The Hall–Kier alpha value is -2.57. The number of amides is 2. The smallest absolute Gasteiger partial charge is 0.289 e. The van der Waals surface area contributed by atoms with Crippen LogP contribution in [0.4, 0.5) is 0 Å². The third kappa shape index (κ3) is 3.92. The van der Waals surface area contributed by atoms with Crippen molar-refractivity contribution in [2.75, 3.05) is 13.1 Å². The molecule has 2 aromatic rings. The highest BCUT2D eigenvalue weighted by Gasteiger charge is 2.27. The van der Waals surface area contributed by atoms with Gasteiger partial charge in [-0.2, -0.15) is 5.10 Å². The van der Waals surface area contributed by atoms with Gasteiger partial charge in [-0.15, -0.1) is 0 Å². The van der Waals surface area contributed by atoms with E-state index in [1.807, 2.05) is 6.92 Å². The molecule has 1 fully saturated rings. The zero-order valence-corrected chi connectivity index (χ0v) is 14.7. The number of aryl methyl sites for hydroxylation is 2. The fourth-order valence-electron chi connectivity index (χ4n) is 3.18. The van der Waals surface area contributed by atoms with E-state index >= 15 is 0 Å². The Balaban J connectivity index is 1.62. The average molecular weight is 344 g/mol. The lowest BCUT2D eigenvalue weighted by atomic mass is 10.0. The molecule has 134 valence electrons. The van der Waals surface area contributed by atoms with Crippen LogP contribution in [-0.2, 0) is 6.54 Å². The van der Waals surface area contributed by atoms with Crippen molar-refractivity contribution >= 4 is 11.8 Å². The van der Waals surface area contributed by atoms with E-state index in [1.54, 1.807) is 27.9 Å². The van der Waals surface area contributed by atoms with Gasteiger partial charge in [-0.1, -0.05) is 6.92 Å². The van der Waals surface area contributed by atoms with Crippen molar-refractivity contribution in [2.45, 2.75) is 45.7 Å². The van der Waals surface area contributed by atoms with Crippen molar-refractivity contribution in [1.82, 2.24) is 20.0 Å². The molecule has 0 bridgehead atoms. The van der Waals surface area contributed by atoms with E-state index in [2.05, 4.69) is 17.3 Å². The number of nitrogens with one attached hydrogen (secondary N) is 1. The summed E-state index contributed by atoms with van der Waals surface area (Å²) in [5.41, 5.74) is 1.33. The summed E-state index contributed by atoms with van der Waals surface area (Å²) in [6.45, 7) is 5.88.